The monoisotopic (exact) mass is 206 g/mol. The van der Waals surface area contributed by atoms with Gasteiger partial charge in [0, 0.05) is 6.61 Å². The molecule has 1 aromatic carbocycles. The zero-order valence-corrected chi connectivity index (χ0v) is 9.42. The molecule has 0 aliphatic carbocycles. The molecule has 1 aliphatic heterocycles. The molecule has 2 rings (SSSR count). The molecule has 1 unspecified atom stereocenters. The SMILES string of the molecule is Cc1ccc(C)c(C2(O)CCCOC2)c1. The Labute approximate surface area is 90.9 Å². The smallest absolute Gasteiger partial charge is 0.113 e. The molecule has 0 bridgehead atoms. The fourth-order valence-electron chi connectivity index (χ4n) is 2.23. The molecule has 1 aliphatic rings. The summed E-state index contributed by atoms with van der Waals surface area (Å²) in [5, 5.41) is 10.5. The second kappa shape index (κ2) is 3.95. The molecule has 1 atom stereocenters. The number of hydrogen-bond acceptors (Lipinski definition) is 2. The number of hydrogen-bond donors (Lipinski definition) is 1. The van der Waals surface area contributed by atoms with Crippen molar-refractivity contribution >= 4 is 0 Å². The fourth-order valence-corrected chi connectivity index (χ4v) is 2.23. The maximum Gasteiger partial charge on any atom is 0.113 e. The minimum Gasteiger partial charge on any atom is -0.383 e. The van der Waals surface area contributed by atoms with Crippen LogP contribution in [0.3, 0.4) is 0 Å². The molecule has 15 heavy (non-hydrogen) atoms. The lowest BCUT2D eigenvalue weighted by molar-refractivity contribution is -0.0906. The zero-order valence-electron chi connectivity index (χ0n) is 9.42. The summed E-state index contributed by atoms with van der Waals surface area (Å²) in [5.41, 5.74) is 2.60. The Bertz CT molecular complexity index is 352. The molecule has 1 saturated heterocycles. The highest BCUT2D eigenvalue weighted by atomic mass is 16.5. The maximum atomic E-state index is 10.5. The summed E-state index contributed by atoms with van der Waals surface area (Å²) in [5.74, 6) is 0. The Morgan fingerprint density at radius 1 is 1.33 bits per heavy atom. The van der Waals surface area contributed by atoms with Crippen LogP contribution in [0.2, 0.25) is 0 Å². The summed E-state index contributed by atoms with van der Waals surface area (Å²) in [6, 6.07) is 6.22. The highest BCUT2D eigenvalue weighted by Crippen LogP contribution is 2.32. The van der Waals surface area contributed by atoms with Crippen molar-refractivity contribution in [1.82, 2.24) is 0 Å². The summed E-state index contributed by atoms with van der Waals surface area (Å²) in [6.07, 6.45) is 1.74. The van der Waals surface area contributed by atoms with Crippen LogP contribution in [0, 0.1) is 13.8 Å². The summed E-state index contributed by atoms with van der Waals surface area (Å²) in [4.78, 5) is 0. The molecule has 0 aromatic heterocycles. The number of benzene rings is 1. The van der Waals surface area contributed by atoms with Crippen LogP contribution in [-0.2, 0) is 10.3 Å². The van der Waals surface area contributed by atoms with Crippen molar-refractivity contribution in [3.8, 4) is 0 Å². The minimum absolute atomic E-state index is 0.428. The van der Waals surface area contributed by atoms with Gasteiger partial charge >= 0.3 is 0 Å². The fraction of sp³-hybridized carbons (Fsp3) is 0.538. The van der Waals surface area contributed by atoms with Gasteiger partial charge in [-0.1, -0.05) is 23.8 Å². The third kappa shape index (κ3) is 2.06. The Morgan fingerprint density at radius 2 is 2.13 bits per heavy atom. The van der Waals surface area contributed by atoms with Gasteiger partial charge in [-0.25, -0.2) is 0 Å². The highest BCUT2D eigenvalue weighted by molar-refractivity contribution is 5.35. The van der Waals surface area contributed by atoms with Gasteiger partial charge in [0.2, 0.25) is 0 Å². The van der Waals surface area contributed by atoms with Crippen LogP contribution >= 0.6 is 0 Å². The Morgan fingerprint density at radius 3 is 2.80 bits per heavy atom. The van der Waals surface area contributed by atoms with Gasteiger partial charge in [0.25, 0.3) is 0 Å². The van der Waals surface area contributed by atoms with E-state index in [9.17, 15) is 5.11 Å². The van der Waals surface area contributed by atoms with Crippen LogP contribution in [0.1, 0.15) is 29.5 Å². The van der Waals surface area contributed by atoms with E-state index >= 15 is 0 Å². The van der Waals surface area contributed by atoms with Crippen molar-refractivity contribution in [3.63, 3.8) is 0 Å². The topological polar surface area (TPSA) is 29.5 Å². The molecule has 2 nitrogen and oxygen atoms in total. The van der Waals surface area contributed by atoms with E-state index in [4.69, 9.17) is 4.74 Å². The van der Waals surface area contributed by atoms with Crippen LogP contribution in [0.5, 0.6) is 0 Å². The van der Waals surface area contributed by atoms with Crippen LogP contribution < -0.4 is 0 Å². The zero-order chi connectivity index (χ0) is 10.9. The Hall–Kier alpha value is -0.860. The molecule has 0 spiro atoms. The van der Waals surface area contributed by atoms with Gasteiger partial charge in [-0.15, -0.1) is 0 Å². The summed E-state index contributed by atoms with van der Waals surface area (Å²) < 4.78 is 5.38. The molecule has 0 saturated carbocycles. The summed E-state index contributed by atoms with van der Waals surface area (Å²) in [7, 11) is 0. The molecule has 82 valence electrons. The molecular weight excluding hydrogens is 188 g/mol. The lowest BCUT2D eigenvalue weighted by Crippen LogP contribution is -2.36. The van der Waals surface area contributed by atoms with E-state index in [1.54, 1.807) is 0 Å². The lowest BCUT2D eigenvalue weighted by Gasteiger charge is -2.33. The summed E-state index contributed by atoms with van der Waals surface area (Å²) >= 11 is 0. The van der Waals surface area contributed by atoms with Crippen LogP contribution in [-0.4, -0.2) is 18.3 Å². The molecule has 1 heterocycles. The van der Waals surface area contributed by atoms with Gasteiger partial charge in [0.15, 0.2) is 0 Å². The van der Waals surface area contributed by atoms with Gasteiger partial charge in [0.1, 0.15) is 5.60 Å². The van der Waals surface area contributed by atoms with Gasteiger partial charge < -0.3 is 9.84 Å². The van der Waals surface area contributed by atoms with E-state index in [2.05, 4.69) is 25.1 Å². The van der Waals surface area contributed by atoms with Gasteiger partial charge in [0.05, 0.1) is 6.61 Å². The quantitative estimate of drug-likeness (QED) is 0.764. The second-order valence-corrected chi connectivity index (χ2v) is 4.51. The number of aliphatic hydroxyl groups is 1. The largest absolute Gasteiger partial charge is 0.383 e. The van der Waals surface area contributed by atoms with Crippen molar-refractivity contribution in [1.29, 1.82) is 0 Å². The average molecular weight is 206 g/mol. The van der Waals surface area contributed by atoms with E-state index in [1.165, 1.54) is 5.56 Å². The third-order valence-corrected chi connectivity index (χ3v) is 3.11. The number of rotatable bonds is 1. The molecule has 1 fully saturated rings. The normalized spacial score (nSPS) is 26.6. The molecule has 1 N–H and O–H groups in total. The van der Waals surface area contributed by atoms with Crippen LogP contribution in [0.4, 0.5) is 0 Å². The van der Waals surface area contributed by atoms with E-state index in [0.29, 0.717) is 6.61 Å². The summed E-state index contributed by atoms with van der Waals surface area (Å²) in [6.45, 7) is 5.29. The Kier molecular flexibility index (Phi) is 2.81. The maximum absolute atomic E-state index is 10.5. The van der Waals surface area contributed by atoms with Gasteiger partial charge in [-0.2, -0.15) is 0 Å². The lowest BCUT2D eigenvalue weighted by atomic mass is 9.85. The van der Waals surface area contributed by atoms with E-state index in [-0.39, 0.29) is 0 Å². The first-order valence-corrected chi connectivity index (χ1v) is 5.50. The standard InChI is InChI=1S/C13H18O2/c1-10-4-5-11(2)12(8-10)13(14)6-3-7-15-9-13/h4-5,8,14H,3,6-7,9H2,1-2H3. The van der Waals surface area contributed by atoms with E-state index in [0.717, 1.165) is 30.6 Å². The third-order valence-electron chi connectivity index (χ3n) is 3.11. The van der Waals surface area contributed by atoms with Crippen molar-refractivity contribution in [2.75, 3.05) is 13.2 Å². The van der Waals surface area contributed by atoms with Gasteiger partial charge in [-0.3, -0.25) is 0 Å². The van der Waals surface area contributed by atoms with Crippen molar-refractivity contribution in [2.24, 2.45) is 0 Å². The first-order valence-electron chi connectivity index (χ1n) is 5.50. The number of aryl methyl sites for hydroxylation is 2. The van der Waals surface area contributed by atoms with Crippen LogP contribution in [0.15, 0.2) is 18.2 Å². The predicted octanol–water partition coefficient (Wildman–Crippen LogP) is 2.30. The van der Waals surface area contributed by atoms with E-state index in [1.807, 2.05) is 6.92 Å². The van der Waals surface area contributed by atoms with Gasteiger partial charge in [-0.05, 0) is 37.8 Å². The van der Waals surface area contributed by atoms with Crippen LogP contribution in [0.25, 0.3) is 0 Å². The minimum atomic E-state index is -0.769. The van der Waals surface area contributed by atoms with E-state index < -0.39 is 5.60 Å². The first kappa shape index (κ1) is 10.7. The van der Waals surface area contributed by atoms with Crippen molar-refractivity contribution in [2.45, 2.75) is 32.3 Å². The second-order valence-electron chi connectivity index (χ2n) is 4.51. The number of ether oxygens (including phenoxy) is 1. The van der Waals surface area contributed by atoms with Crippen molar-refractivity contribution in [3.05, 3.63) is 34.9 Å². The molecule has 1 aromatic rings. The molecular formula is C13H18O2. The molecule has 0 radical (unpaired) electrons. The molecule has 0 amide bonds. The molecule has 2 heteroatoms. The average Bonchev–Trinajstić information content (AvgIpc) is 2.23. The first-order chi connectivity index (χ1) is 7.12. The highest BCUT2D eigenvalue weighted by Gasteiger charge is 2.33. The van der Waals surface area contributed by atoms with Crippen molar-refractivity contribution < 1.29 is 9.84 Å². The Balaban J connectivity index is 2.38. The predicted molar refractivity (Wildman–Crippen MR) is 59.9 cm³/mol.